The monoisotopic (exact) mass is 371 g/mol. The number of nitrogens with zero attached hydrogens (tertiary/aromatic N) is 1. The Morgan fingerprint density at radius 2 is 1.30 bits per heavy atom. The highest BCUT2D eigenvalue weighted by Crippen LogP contribution is 2.19. The van der Waals surface area contributed by atoms with Gasteiger partial charge in [-0.25, -0.2) is 18.2 Å². The van der Waals surface area contributed by atoms with E-state index >= 15 is 0 Å². The van der Waals surface area contributed by atoms with E-state index in [0.29, 0.717) is 0 Å². The van der Waals surface area contributed by atoms with Crippen molar-refractivity contribution in [2.75, 3.05) is 10.6 Å². The third-order valence-electron chi connectivity index (χ3n) is 3.50. The second-order valence-corrected chi connectivity index (χ2v) is 5.42. The second-order valence-electron chi connectivity index (χ2n) is 5.42. The van der Waals surface area contributed by atoms with Crippen LogP contribution in [0.2, 0.25) is 0 Å². The van der Waals surface area contributed by atoms with E-state index in [0.717, 1.165) is 24.3 Å². The van der Waals surface area contributed by atoms with Gasteiger partial charge in [-0.1, -0.05) is 18.2 Å². The Labute approximate surface area is 151 Å². The van der Waals surface area contributed by atoms with Gasteiger partial charge in [-0.05, 0) is 42.5 Å². The summed E-state index contributed by atoms with van der Waals surface area (Å²) in [5.41, 5.74) is -0.741. The number of benzene rings is 2. The van der Waals surface area contributed by atoms with Gasteiger partial charge in [0, 0.05) is 5.69 Å². The predicted molar refractivity (Wildman–Crippen MR) is 92.9 cm³/mol. The second kappa shape index (κ2) is 7.69. The Kier molecular flexibility index (Phi) is 5.16. The molecule has 27 heavy (non-hydrogen) atoms. The van der Waals surface area contributed by atoms with Crippen LogP contribution >= 0.6 is 0 Å². The first kappa shape index (κ1) is 18.1. The zero-order chi connectivity index (χ0) is 19.4. The van der Waals surface area contributed by atoms with Gasteiger partial charge in [-0.3, -0.25) is 9.59 Å². The van der Waals surface area contributed by atoms with Crippen LogP contribution < -0.4 is 10.6 Å². The molecule has 0 bridgehead atoms. The maximum Gasteiger partial charge on any atom is 0.274 e. The summed E-state index contributed by atoms with van der Waals surface area (Å²) in [5.74, 6) is -3.97. The van der Waals surface area contributed by atoms with Gasteiger partial charge in [0.15, 0.2) is 0 Å². The molecule has 0 aliphatic rings. The molecule has 0 saturated carbocycles. The van der Waals surface area contributed by atoms with Crippen molar-refractivity contribution < 1.29 is 22.8 Å². The fraction of sp³-hybridized carbons (Fsp3) is 0. The number of halogens is 3. The van der Waals surface area contributed by atoms with Crippen LogP contribution in [-0.2, 0) is 0 Å². The molecule has 2 N–H and O–H groups in total. The minimum absolute atomic E-state index is 0.124. The third kappa shape index (κ3) is 4.30. The van der Waals surface area contributed by atoms with Gasteiger partial charge >= 0.3 is 0 Å². The number of carbonyl (C=O) groups excluding carboxylic acids is 2. The van der Waals surface area contributed by atoms with Crippen LogP contribution in [-0.4, -0.2) is 16.8 Å². The maximum atomic E-state index is 13.6. The standard InChI is InChI=1S/C19H12F3N3O2/c20-11-4-1-5-12(10-11)23-18(26)15-8-3-9-16(24-15)19(27)25-17-13(21)6-2-7-14(17)22/h1-10H,(H,23,26)(H,25,27). The van der Waals surface area contributed by atoms with Crippen molar-refractivity contribution in [2.24, 2.45) is 0 Å². The Balaban J connectivity index is 1.78. The maximum absolute atomic E-state index is 13.6. The number of pyridine rings is 1. The minimum Gasteiger partial charge on any atom is -0.321 e. The van der Waals surface area contributed by atoms with E-state index in [1.165, 1.54) is 36.4 Å². The van der Waals surface area contributed by atoms with Crippen molar-refractivity contribution in [3.05, 3.63) is 89.5 Å². The fourth-order valence-corrected chi connectivity index (χ4v) is 2.24. The molecule has 0 unspecified atom stereocenters. The molecular weight excluding hydrogens is 359 g/mol. The summed E-state index contributed by atoms with van der Waals surface area (Å²) in [4.78, 5) is 28.3. The molecule has 0 aliphatic heterocycles. The lowest BCUT2D eigenvalue weighted by Crippen LogP contribution is -2.19. The molecule has 2 aromatic carbocycles. The topological polar surface area (TPSA) is 71.1 Å². The summed E-state index contributed by atoms with van der Waals surface area (Å²) in [6, 6.07) is 12.4. The van der Waals surface area contributed by atoms with Crippen LogP contribution in [0.4, 0.5) is 24.5 Å². The van der Waals surface area contributed by atoms with E-state index in [1.54, 1.807) is 0 Å². The van der Waals surface area contributed by atoms with Gasteiger partial charge in [-0.2, -0.15) is 0 Å². The average molecular weight is 371 g/mol. The Bertz CT molecular complexity index is 1000. The zero-order valence-electron chi connectivity index (χ0n) is 13.7. The summed E-state index contributed by atoms with van der Waals surface area (Å²) < 4.78 is 40.5. The van der Waals surface area contributed by atoms with Crippen LogP contribution in [0.25, 0.3) is 0 Å². The van der Waals surface area contributed by atoms with Crippen molar-refractivity contribution in [2.45, 2.75) is 0 Å². The number of nitrogens with one attached hydrogen (secondary N) is 2. The molecule has 1 heterocycles. The van der Waals surface area contributed by atoms with Crippen molar-refractivity contribution in [3.8, 4) is 0 Å². The molecule has 0 atom stereocenters. The van der Waals surface area contributed by atoms with Crippen LogP contribution in [0.15, 0.2) is 60.7 Å². The molecule has 3 rings (SSSR count). The zero-order valence-corrected chi connectivity index (χ0v) is 13.7. The van der Waals surface area contributed by atoms with Crippen molar-refractivity contribution in [1.29, 1.82) is 0 Å². The van der Waals surface area contributed by atoms with Gasteiger partial charge in [0.25, 0.3) is 11.8 Å². The highest BCUT2D eigenvalue weighted by Gasteiger charge is 2.16. The molecule has 0 fully saturated rings. The Morgan fingerprint density at radius 3 is 1.93 bits per heavy atom. The first-order chi connectivity index (χ1) is 12.9. The quantitative estimate of drug-likeness (QED) is 0.728. The summed E-state index contributed by atoms with van der Waals surface area (Å²) >= 11 is 0. The van der Waals surface area contributed by atoms with E-state index in [9.17, 15) is 22.8 Å². The van der Waals surface area contributed by atoms with E-state index in [2.05, 4.69) is 15.6 Å². The highest BCUT2D eigenvalue weighted by atomic mass is 19.1. The number of hydrogen-bond donors (Lipinski definition) is 2. The minimum atomic E-state index is -0.941. The molecule has 0 saturated heterocycles. The van der Waals surface area contributed by atoms with Crippen molar-refractivity contribution in [1.82, 2.24) is 4.98 Å². The molecule has 0 radical (unpaired) electrons. The van der Waals surface area contributed by atoms with E-state index < -0.39 is 35.0 Å². The normalized spacial score (nSPS) is 10.3. The largest absolute Gasteiger partial charge is 0.321 e. The molecule has 8 heteroatoms. The highest BCUT2D eigenvalue weighted by molar-refractivity contribution is 6.06. The first-order valence-electron chi connectivity index (χ1n) is 7.73. The number of hydrogen-bond acceptors (Lipinski definition) is 3. The number of aromatic nitrogens is 1. The van der Waals surface area contributed by atoms with Gasteiger partial charge in [-0.15, -0.1) is 0 Å². The van der Waals surface area contributed by atoms with E-state index in [1.807, 2.05) is 0 Å². The number of amides is 2. The molecular formula is C19H12F3N3O2. The van der Waals surface area contributed by atoms with E-state index in [-0.39, 0.29) is 17.1 Å². The summed E-state index contributed by atoms with van der Waals surface area (Å²) in [7, 11) is 0. The van der Waals surface area contributed by atoms with Crippen LogP contribution in [0.5, 0.6) is 0 Å². The van der Waals surface area contributed by atoms with Gasteiger partial charge in [0.05, 0.1) is 0 Å². The third-order valence-corrected chi connectivity index (χ3v) is 3.50. The molecule has 5 nitrogen and oxygen atoms in total. The predicted octanol–water partition coefficient (Wildman–Crippen LogP) is 4.00. The fourth-order valence-electron chi connectivity index (χ4n) is 2.24. The first-order valence-corrected chi connectivity index (χ1v) is 7.73. The number of rotatable bonds is 4. The molecule has 1 aromatic heterocycles. The summed E-state index contributed by atoms with van der Waals surface area (Å²) in [5, 5.41) is 4.53. The number of para-hydroxylation sites is 1. The molecule has 2 amide bonds. The van der Waals surface area contributed by atoms with Crippen molar-refractivity contribution in [3.63, 3.8) is 0 Å². The lowest BCUT2D eigenvalue weighted by molar-refractivity contribution is 0.101. The number of carbonyl (C=O) groups is 2. The molecule has 136 valence electrons. The lowest BCUT2D eigenvalue weighted by atomic mass is 10.2. The average Bonchev–Trinajstić information content (AvgIpc) is 2.65. The van der Waals surface area contributed by atoms with E-state index in [4.69, 9.17) is 0 Å². The van der Waals surface area contributed by atoms with Crippen LogP contribution in [0.3, 0.4) is 0 Å². The SMILES string of the molecule is O=C(Nc1cccc(F)c1)c1cccc(C(=O)Nc2c(F)cccc2F)n1. The van der Waals surface area contributed by atoms with Crippen LogP contribution in [0.1, 0.15) is 21.0 Å². The molecule has 0 spiro atoms. The Hall–Kier alpha value is -3.68. The van der Waals surface area contributed by atoms with Crippen LogP contribution in [0, 0.1) is 17.5 Å². The molecule has 0 aliphatic carbocycles. The van der Waals surface area contributed by atoms with Gasteiger partial charge in [0.1, 0.15) is 34.5 Å². The molecule has 3 aromatic rings. The number of anilines is 2. The summed E-state index contributed by atoms with van der Waals surface area (Å²) in [6.07, 6.45) is 0. The lowest BCUT2D eigenvalue weighted by Gasteiger charge is -2.08. The Morgan fingerprint density at radius 1 is 0.741 bits per heavy atom. The van der Waals surface area contributed by atoms with Gasteiger partial charge in [0.2, 0.25) is 0 Å². The van der Waals surface area contributed by atoms with Crippen molar-refractivity contribution >= 4 is 23.2 Å². The summed E-state index contributed by atoms with van der Waals surface area (Å²) in [6.45, 7) is 0. The van der Waals surface area contributed by atoms with Gasteiger partial charge < -0.3 is 10.6 Å². The smallest absolute Gasteiger partial charge is 0.274 e.